The lowest BCUT2D eigenvalue weighted by molar-refractivity contribution is -0.136. The fourth-order valence-corrected chi connectivity index (χ4v) is 3.28. The monoisotopic (exact) mass is 396 g/mol. The lowest BCUT2D eigenvalue weighted by atomic mass is 10.0. The summed E-state index contributed by atoms with van der Waals surface area (Å²) in [6.07, 6.45) is 0. The molecule has 2 heterocycles. The molecule has 8 heteroatoms. The van der Waals surface area contributed by atoms with Crippen molar-refractivity contribution in [3.8, 4) is 11.3 Å². The number of furan rings is 1. The van der Waals surface area contributed by atoms with Gasteiger partial charge in [-0.15, -0.1) is 0 Å². The van der Waals surface area contributed by atoms with E-state index in [2.05, 4.69) is 10.6 Å². The van der Waals surface area contributed by atoms with Gasteiger partial charge in [-0.25, -0.2) is 4.79 Å². The maximum Gasteiger partial charge on any atom is 0.338 e. The van der Waals surface area contributed by atoms with Crippen molar-refractivity contribution < 1.29 is 13.9 Å². The summed E-state index contributed by atoms with van der Waals surface area (Å²) in [5, 5.41) is 7.40. The molecule has 1 aromatic heterocycles. The van der Waals surface area contributed by atoms with Crippen LogP contribution in [0.1, 0.15) is 18.7 Å². The molecule has 0 aliphatic carbocycles. The highest BCUT2D eigenvalue weighted by atomic mass is 35.5. The van der Waals surface area contributed by atoms with Gasteiger partial charge in [0.1, 0.15) is 17.6 Å². The van der Waals surface area contributed by atoms with E-state index in [9.17, 15) is 4.79 Å². The van der Waals surface area contributed by atoms with E-state index in [0.717, 1.165) is 0 Å². The number of ether oxygens (including phenoxy) is 1. The van der Waals surface area contributed by atoms with Gasteiger partial charge in [0, 0.05) is 16.3 Å². The SMILES string of the molecule is COC(=O)C1=C(C)NC(=S)NC1c1ccc(-c2cc(Cl)ccc2Cl)o1. The molecule has 1 aliphatic rings. The van der Waals surface area contributed by atoms with Crippen molar-refractivity contribution in [2.24, 2.45) is 0 Å². The third-order valence-corrected chi connectivity index (χ3v) is 4.56. The summed E-state index contributed by atoms with van der Waals surface area (Å²) >= 11 is 17.4. The topological polar surface area (TPSA) is 63.5 Å². The number of thiocarbonyl (C=S) groups is 1. The minimum absolute atomic E-state index is 0.397. The molecular formula is C17H14Cl2N2O3S. The number of allylic oxidation sites excluding steroid dienone is 1. The molecule has 0 saturated heterocycles. The predicted octanol–water partition coefficient (Wildman–Crippen LogP) is 4.22. The van der Waals surface area contributed by atoms with E-state index in [1.165, 1.54) is 7.11 Å². The number of hydrogen-bond donors (Lipinski definition) is 2. The van der Waals surface area contributed by atoms with Crippen molar-refractivity contribution in [3.63, 3.8) is 0 Å². The largest absolute Gasteiger partial charge is 0.466 e. The Morgan fingerprint density at radius 1 is 1.28 bits per heavy atom. The Hall–Kier alpha value is -2.02. The van der Waals surface area contributed by atoms with E-state index in [1.54, 1.807) is 37.3 Å². The average Bonchev–Trinajstić information content (AvgIpc) is 3.05. The number of carbonyl (C=O) groups is 1. The van der Waals surface area contributed by atoms with Crippen LogP contribution in [0.3, 0.4) is 0 Å². The Bertz CT molecular complexity index is 892. The van der Waals surface area contributed by atoms with Gasteiger partial charge in [-0.3, -0.25) is 0 Å². The first kappa shape index (κ1) is 17.8. The van der Waals surface area contributed by atoms with E-state index in [1.807, 2.05) is 0 Å². The Morgan fingerprint density at radius 3 is 2.76 bits per heavy atom. The molecule has 130 valence electrons. The fourth-order valence-electron chi connectivity index (χ4n) is 2.63. The van der Waals surface area contributed by atoms with Crippen LogP contribution in [-0.2, 0) is 9.53 Å². The van der Waals surface area contributed by atoms with E-state index < -0.39 is 12.0 Å². The molecule has 0 spiro atoms. The smallest absolute Gasteiger partial charge is 0.338 e. The van der Waals surface area contributed by atoms with E-state index in [4.69, 9.17) is 44.6 Å². The maximum absolute atomic E-state index is 12.2. The van der Waals surface area contributed by atoms with E-state index >= 15 is 0 Å². The van der Waals surface area contributed by atoms with Crippen LogP contribution in [0.25, 0.3) is 11.3 Å². The molecule has 3 rings (SSSR count). The normalized spacial score (nSPS) is 17.1. The first-order valence-electron chi connectivity index (χ1n) is 7.32. The number of rotatable bonds is 3. The second-order valence-corrected chi connectivity index (χ2v) is 6.64. The number of methoxy groups -OCH3 is 1. The zero-order valence-electron chi connectivity index (χ0n) is 13.4. The van der Waals surface area contributed by atoms with Crippen LogP contribution in [0.4, 0.5) is 0 Å². The summed E-state index contributed by atoms with van der Waals surface area (Å²) in [4.78, 5) is 12.2. The van der Waals surface area contributed by atoms with E-state index in [-0.39, 0.29) is 0 Å². The minimum atomic E-state index is -0.562. The number of halogens is 2. The fraction of sp³-hybridized carbons (Fsp3) is 0.176. The lowest BCUT2D eigenvalue weighted by Crippen LogP contribution is -2.44. The Morgan fingerprint density at radius 2 is 2.04 bits per heavy atom. The van der Waals surface area contributed by atoms with Crippen LogP contribution in [0.5, 0.6) is 0 Å². The van der Waals surface area contributed by atoms with Crippen LogP contribution in [-0.4, -0.2) is 18.2 Å². The van der Waals surface area contributed by atoms with Crippen LogP contribution >= 0.6 is 35.4 Å². The third kappa shape index (κ3) is 3.51. The van der Waals surface area contributed by atoms with Gasteiger partial charge in [0.2, 0.25) is 0 Å². The molecule has 0 fully saturated rings. The summed E-state index contributed by atoms with van der Waals surface area (Å²) in [5.41, 5.74) is 1.67. The van der Waals surface area contributed by atoms with Gasteiger partial charge in [-0.1, -0.05) is 23.2 Å². The van der Waals surface area contributed by atoms with E-state index in [0.29, 0.717) is 43.5 Å². The Labute approximate surface area is 159 Å². The molecule has 1 aliphatic heterocycles. The van der Waals surface area contributed by atoms with Crippen LogP contribution in [0, 0.1) is 0 Å². The molecule has 5 nitrogen and oxygen atoms in total. The second kappa shape index (κ2) is 7.07. The Balaban J connectivity index is 2.03. The first-order chi connectivity index (χ1) is 11.9. The van der Waals surface area contributed by atoms with Gasteiger partial charge in [0.05, 0.1) is 17.7 Å². The van der Waals surface area contributed by atoms with Gasteiger partial charge in [-0.2, -0.15) is 0 Å². The average molecular weight is 397 g/mol. The quantitative estimate of drug-likeness (QED) is 0.598. The highest BCUT2D eigenvalue weighted by Gasteiger charge is 2.32. The predicted molar refractivity (Wildman–Crippen MR) is 100 cm³/mol. The van der Waals surface area contributed by atoms with Crippen LogP contribution < -0.4 is 10.6 Å². The highest BCUT2D eigenvalue weighted by molar-refractivity contribution is 7.80. The molecule has 0 bridgehead atoms. The summed E-state index contributed by atoms with van der Waals surface area (Å²) in [6, 6.07) is 8.08. The Kier molecular flexibility index (Phi) is 5.03. The number of benzene rings is 1. The molecular weight excluding hydrogens is 383 g/mol. The standard InChI is InChI=1S/C17H14Cl2N2O3S/c1-8-14(16(22)23-2)15(21-17(25)20-8)13-6-5-12(24-13)10-7-9(18)3-4-11(10)19/h3-7,15H,1-2H3,(H2,20,21,25). The van der Waals surface area contributed by atoms with Gasteiger partial charge in [0.25, 0.3) is 0 Å². The minimum Gasteiger partial charge on any atom is -0.466 e. The van der Waals surface area contributed by atoms with Gasteiger partial charge in [-0.05, 0) is 49.5 Å². The number of nitrogens with one attached hydrogen (secondary N) is 2. The highest BCUT2D eigenvalue weighted by Crippen LogP contribution is 2.35. The molecule has 1 aromatic carbocycles. The van der Waals surface area contributed by atoms with Gasteiger partial charge >= 0.3 is 5.97 Å². The molecule has 1 unspecified atom stereocenters. The summed E-state index contributed by atoms with van der Waals surface area (Å²) in [5.74, 6) is 0.578. The first-order valence-corrected chi connectivity index (χ1v) is 8.49. The molecule has 2 aromatic rings. The van der Waals surface area contributed by atoms with Crippen molar-refractivity contribution in [1.82, 2.24) is 10.6 Å². The zero-order valence-corrected chi connectivity index (χ0v) is 15.7. The molecule has 1 atom stereocenters. The molecule has 25 heavy (non-hydrogen) atoms. The van der Waals surface area contributed by atoms with Crippen molar-refractivity contribution in [2.45, 2.75) is 13.0 Å². The van der Waals surface area contributed by atoms with Crippen LogP contribution in [0.15, 0.2) is 46.0 Å². The second-order valence-electron chi connectivity index (χ2n) is 5.39. The number of hydrogen-bond acceptors (Lipinski definition) is 4. The van der Waals surface area contributed by atoms with Gasteiger partial charge < -0.3 is 19.8 Å². The van der Waals surface area contributed by atoms with Gasteiger partial charge in [0.15, 0.2) is 5.11 Å². The van der Waals surface area contributed by atoms with Crippen molar-refractivity contribution in [3.05, 3.63) is 57.4 Å². The van der Waals surface area contributed by atoms with Crippen molar-refractivity contribution >= 4 is 46.5 Å². The number of esters is 1. The number of carbonyl (C=O) groups excluding carboxylic acids is 1. The summed E-state index contributed by atoms with van der Waals surface area (Å²) < 4.78 is 10.8. The maximum atomic E-state index is 12.2. The summed E-state index contributed by atoms with van der Waals surface area (Å²) in [7, 11) is 1.33. The lowest BCUT2D eigenvalue weighted by Gasteiger charge is -2.27. The van der Waals surface area contributed by atoms with Crippen molar-refractivity contribution in [2.75, 3.05) is 7.11 Å². The van der Waals surface area contributed by atoms with Crippen LogP contribution in [0.2, 0.25) is 10.0 Å². The molecule has 0 saturated carbocycles. The molecule has 0 radical (unpaired) electrons. The molecule has 0 amide bonds. The molecule has 2 N–H and O–H groups in total. The third-order valence-electron chi connectivity index (χ3n) is 3.78. The summed E-state index contributed by atoms with van der Waals surface area (Å²) in [6.45, 7) is 1.75. The zero-order chi connectivity index (χ0) is 18.1. The van der Waals surface area contributed by atoms with Crippen molar-refractivity contribution in [1.29, 1.82) is 0 Å².